The van der Waals surface area contributed by atoms with E-state index >= 15 is 0 Å². The van der Waals surface area contributed by atoms with Gasteiger partial charge in [0.1, 0.15) is 5.82 Å². The van der Waals surface area contributed by atoms with E-state index in [1.807, 2.05) is 18.2 Å². The molecule has 0 saturated carbocycles. The van der Waals surface area contributed by atoms with E-state index in [1.165, 1.54) is 0 Å². The highest BCUT2D eigenvalue weighted by molar-refractivity contribution is 5.96. The van der Waals surface area contributed by atoms with Crippen molar-refractivity contribution in [3.05, 3.63) is 41.2 Å². The van der Waals surface area contributed by atoms with Crippen molar-refractivity contribution in [3.63, 3.8) is 0 Å². The first-order chi connectivity index (χ1) is 9.16. The SMILES string of the molecule is C[C@H]1CNc2c(C=CN([O-])O)c3ccccc3n2C1. The maximum Gasteiger partial charge on any atom is 0.114 e. The van der Waals surface area contributed by atoms with Crippen molar-refractivity contribution in [3.8, 4) is 0 Å². The van der Waals surface area contributed by atoms with Gasteiger partial charge < -0.3 is 20.3 Å². The Balaban J connectivity index is 2.20. The molecule has 0 radical (unpaired) electrons. The number of hydrogen-bond acceptors (Lipinski definition) is 4. The van der Waals surface area contributed by atoms with Crippen LogP contribution in [0.1, 0.15) is 12.5 Å². The molecule has 100 valence electrons. The van der Waals surface area contributed by atoms with Gasteiger partial charge in [-0.1, -0.05) is 25.1 Å². The molecule has 0 saturated heterocycles. The molecule has 1 aromatic carbocycles. The second kappa shape index (κ2) is 4.60. The smallest absolute Gasteiger partial charge is 0.114 e. The fourth-order valence-corrected chi connectivity index (χ4v) is 2.66. The van der Waals surface area contributed by atoms with Crippen molar-refractivity contribution in [1.29, 1.82) is 0 Å². The van der Waals surface area contributed by atoms with Gasteiger partial charge in [0.15, 0.2) is 0 Å². The summed E-state index contributed by atoms with van der Waals surface area (Å²) in [6, 6.07) is 8.08. The minimum absolute atomic E-state index is 0.176. The first kappa shape index (κ1) is 12.1. The molecule has 0 bridgehead atoms. The van der Waals surface area contributed by atoms with Crippen LogP contribution in [0.3, 0.4) is 0 Å². The molecule has 5 nitrogen and oxygen atoms in total. The molecule has 0 unspecified atom stereocenters. The number of nitrogens with zero attached hydrogens (tertiary/aromatic N) is 2. The molecule has 0 fully saturated rings. The molecule has 0 spiro atoms. The zero-order chi connectivity index (χ0) is 13.4. The minimum atomic E-state index is -0.176. The van der Waals surface area contributed by atoms with Gasteiger partial charge in [-0.3, -0.25) is 5.21 Å². The molecule has 1 aliphatic rings. The Labute approximate surface area is 111 Å². The lowest BCUT2D eigenvalue weighted by atomic mass is 10.1. The van der Waals surface area contributed by atoms with Gasteiger partial charge >= 0.3 is 0 Å². The number of hydroxylamine groups is 2. The third kappa shape index (κ3) is 2.07. The zero-order valence-electron chi connectivity index (χ0n) is 10.7. The van der Waals surface area contributed by atoms with Crippen LogP contribution in [0.2, 0.25) is 0 Å². The lowest BCUT2D eigenvalue weighted by Crippen LogP contribution is -2.25. The van der Waals surface area contributed by atoms with E-state index in [2.05, 4.69) is 22.9 Å². The highest BCUT2D eigenvalue weighted by Crippen LogP contribution is 2.34. The fraction of sp³-hybridized carbons (Fsp3) is 0.286. The van der Waals surface area contributed by atoms with Crippen LogP contribution < -0.4 is 5.32 Å². The molecule has 19 heavy (non-hydrogen) atoms. The molecule has 0 aliphatic carbocycles. The van der Waals surface area contributed by atoms with E-state index in [-0.39, 0.29) is 5.23 Å². The fourth-order valence-electron chi connectivity index (χ4n) is 2.66. The summed E-state index contributed by atoms with van der Waals surface area (Å²) in [5, 5.41) is 23.7. The van der Waals surface area contributed by atoms with Crippen molar-refractivity contribution in [2.45, 2.75) is 13.5 Å². The van der Waals surface area contributed by atoms with E-state index in [0.717, 1.165) is 41.6 Å². The Morgan fingerprint density at radius 1 is 1.47 bits per heavy atom. The highest BCUT2D eigenvalue weighted by Gasteiger charge is 2.20. The van der Waals surface area contributed by atoms with Crippen LogP contribution in [0, 0.1) is 11.1 Å². The van der Waals surface area contributed by atoms with E-state index in [1.54, 1.807) is 6.08 Å². The summed E-state index contributed by atoms with van der Waals surface area (Å²) >= 11 is 0. The third-order valence-electron chi connectivity index (χ3n) is 3.49. The van der Waals surface area contributed by atoms with Crippen LogP contribution in [0.15, 0.2) is 30.5 Å². The predicted octanol–water partition coefficient (Wildman–Crippen LogP) is 2.86. The monoisotopic (exact) mass is 258 g/mol. The quantitative estimate of drug-likeness (QED) is 0.813. The van der Waals surface area contributed by atoms with Gasteiger partial charge in [0.2, 0.25) is 0 Å². The Bertz CT molecular complexity index is 631. The average Bonchev–Trinajstić information content (AvgIpc) is 2.70. The maximum absolute atomic E-state index is 10.7. The van der Waals surface area contributed by atoms with Gasteiger partial charge in [-0.2, -0.15) is 0 Å². The molecular weight excluding hydrogens is 242 g/mol. The molecule has 5 heteroatoms. The molecule has 0 amide bonds. The van der Waals surface area contributed by atoms with E-state index in [4.69, 9.17) is 5.21 Å². The molecule has 3 rings (SSSR count). The minimum Gasteiger partial charge on any atom is -0.734 e. The number of benzene rings is 1. The normalized spacial score (nSPS) is 18.6. The third-order valence-corrected chi connectivity index (χ3v) is 3.49. The number of rotatable bonds is 2. The van der Waals surface area contributed by atoms with Crippen molar-refractivity contribution in [2.24, 2.45) is 5.92 Å². The molecule has 1 atom stereocenters. The topological polar surface area (TPSA) is 63.5 Å². The van der Waals surface area contributed by atoms with Gasteiger partial charge in [0.05, 0.1) is 5.52 Å². The standard InChI is InChI=1S/C14H16N3O2/c1-10-8-15-14-12(6-7-17(18)19)11-4-2-3-5-13(11)16(14)9-10/h2-7,10,15,18H,8-9H2,1H3/q-1/t10-/m0/s1. The average molecular weight is 258 g/mol. The van der Waals surface area contributed by atoms with Crippen molar-refractivity contribution < 1.29 is 5.21 Å². The van der Waals surface area contributed by atoms with Crippen LogP contribution in [0.4, 0.5) is 5.82 Å². The van der Waals surface area contributed by atoms with Crippen LogP contribution in [-0.4, -0.2) is 21.5 Å². The van der Waals surface area contributed by atoms with Crippen molar-refractivity contribution >= 4 is 22.8 Å². The summed E-state index contributed by atoms with van der Waals surface area (Å²) in [4.78, 5) is 0. The second-order valence-electron chi connectivity index (χ2n) is 4.99. The van der Waals surface area contributed by atoms with Gasteiger partial charge in [0.25, 0.3) is 0 Å². The summed E-state index contributed by atoms with van der Waals surface area (Å²) in [6.45, 7) is 4.07. The summed E-state index contributed by atoms with van der Waals surface area (Å²) < 4.78 is 2.23. The van der Waals surface area contributed by atoms with Crippen molar-refractivity contribution in [2.75, 3.05) is 11.9 Å². The van der Waals surface area contributed by atoms with E-state index in [0.29, 0.717) is 5.92 Å². The Morgan fingerprint density at radius 2 is 2.26 bits per heavy atom. The molecule has 2 N–H and O–H groups in total. The zero-order valence-corrected chi connectivity index (χ0v) is 10.7. The van der Waals surface area contributed by atoms with Gasteiger partial charge in [0, 0.05) is 30.2 Å². The molecule has 2 aromatic rings. The van der Waals surface area contributed by atoms with Crippen molar-refractivity contribution in [1.82, 2.24) is 9.79 Å². The summed E-state index contributed by atoms with van der Waals surface area (Å²) in [5.74, 6) is 1.58. The second-order valence-corrected chi connectivity index (χ2v) is 4.99. The van der Waals surface area contributed by atoms with Crippen LogP contribution in [0.25, 0.3) is 17.0 Å². The Hall–Kier alpha value is -1.98. The van der Waals surface area contributed by atoms with Gasteiger partial charge in [-0.05, 0) is 18.1 Å². The van der Waals surface area contributed by atoms with Crippen LogP contribution in [0.5, 0.6) is 0 Å². The molecule has 1 aliphatic heterocycles. The number of hydrogen-bond donors (Lipinski definition) is 2. The molecule has 1 aromatic heterocycles. The Morgan fingerprint density at radius 3 is 3.05 bits per heavy atom. The van der Waals surface area contributed by atoms with E-state index < -0.39 is 0 Å². The number of aromatic nitrogens is 1. The first-order valence-corrected chi connectivity index (χ1v) is 6.35. The largest absolute Gasteiger partial charge is 0.734 e. The lowest BCUT2D eigenvalue weighted by Gasteiger charge is -2.24. The number of nitrogens with one attached hydrogen (secondary N) is 1. The number of fused-ring (bicyclic) bond motifs is 3. The first-order valence-electron chi connectivity index (χ1n) is 6.35. The summed E-state index contributed by atoms with van der Waals surface area (Å²) in [6.07, 6.45) is 2.76. The maximum atomic E-state index is 10.7. The molecule has 2 heterocycles. The lowest BCUT2D eigenvalue weighted by molar-refractivity contribution is 0.0129. The van der Waals surface area contributed by atoms with Crippen LogP contribution >= 0.6 is 0 Å². The molecular formula is C14H16N3O2-. The number of anilines is 1. The predicted molar refractivity (Wildman–Crippen MR) is 75.6 cm³/mol. The Kier molecular flexibility index (Phi) is 2.93. The summed E-state index contributed by atoms with van der Waals surface area (Å²) in [5.41, 5.74) is 2.09. The van der Waals surface area contributed by atoms with E-state index in [9.17, 15) is 5.21 Å². The van der Waals surface area contributed by atoms with Gasteiger partial charge in [-0.15, -0.1) is 0 Å². The van der Waals surface area contributed by atoms with Gasteiger partial charge in [-0.25, -0.2) is 0 Å². The number of para-hydroxylation sites is 1. The highest BCUT2D eigenvalue weighted by atomic mass is 16.8. The van der Waals surface area contributed by atoms with Crippen LogP contribution in [-0.2, 0) is 6.54 Å². The summed E-state index contributed by atoms with van der Waals surface area (Å²) in [7, 11) is 0.